The van der Waals surface area contributed by atoms with Crippen molar-refractivity contribution >= 4 is 34.3 Å². The molecule has 1 rings (SSSR count). The second-order valence-electron chi connectivity index (χ2n) is 4.07. The number of carbonyl (C=O) groups is 1. The molecule has 0 fully saturated rings. The van der Waals surface area contributed by atoms with Crippen LogP contribution in [-0.2, 0) is 9.53 Å². The minimum Gasteiger partial charge on any atom is -0.469 e. The number of hydrogen-bond acceptors (Lipinski definition) is 4. The Balaban J connectivity index is 0.00000256. The average Bonchev–Trinajstić information content (AvgIpc) is 2.27. The number of nitrogens with zero attached hydrogens (tertiary/aromatic N) is 1. The van der Waals surface area contributed by atoms with Gasteiger partial charge in [-0.1, -0.05) is 6.07 Å². The van der Waals surface area contributed by atoms with Crippen molar-refractivity contribution < 1.29 is 9.53 Å². The molecule has 1 atom stereocenters. The van der Waals surface area contributed by atoms with Crippen LogP contribution in [0.3, 0.4) is 0 Å². The molecule has 0 radical (unpaired) electrons. The molecule has 17 heavy (non-hydrogen) atoms. The van der Waals surface area contributed by atoms with Crippen LogP contribution in [-0.4, -0.2) is 18.1 Å². The molecule has 0 aromatic carbocycles. The number of aromatic nitrogens is 1. The molecule has 6 heteroatoms. The molecule has 1 aromatic heterocycles. The maximum Gasteiger partial charge on any atom is 0.313 e. The zero-order valence-corrected chi connectivity index (χ0v) is 12.3. The van der Waals surface area contributed by atoms with Crippen LogP contribution < -0.4 is 5.73 Å². The summed E-state index contributed by atoms with van der Waals surface area (Å²) in [5.74, 6) is -0.337. The van der Waals surface area contributed by atoms with Crippen LogP contribution in [0, 0.1) is 5.41 Å². The van der Waals surface area contributed by atoms with Crippen molar-refractivity contribution in [3.05, 3.63) is 28.5 Å². The Morgan fingerprint density at radius 1 is 1.59 bits per heavy atom. The third-order valence-electron chi connectivity index (χ3n) is 2.61. The van der Waals surface area contributed by atoms with Crippen LogP contribution in [0.1, 0.15) is 25.5 Å². The van der Waals surface area contributed by atoms with E-state index in [2.05, 4.69) is 20.9 Å². The van der Waals surface area contributed by atoms with E-state index in [9.17, 15) is 4.79 Å². The lowest BCUT2D eigenvalue weighted by atomic mass is 9.81. The summed E-state index contributed by atoms with van der Waals surface area (Å²) in [4.78, 5) is 15.7. The Bertz CT molecular complexity index is 399. The standard InChI is InChI=1S/C11H15BrN2O2.ClH/c1-11(2,10(15)16-3)8(13)7-5-4-6-14-9(7)12;/h4-6,8H,13H2,1-3H3;1H/t8-;/m0./s1. The second-order valence-corrected chi connectivity index (χ2v) is 4.83. The van der Waals surface area contributed by atoms with Gasteiger partial charge in [-0.05, 0) is 35.8 Å². The molecule has 96 valence electrons. The molecule has 0 aliphatic rings. The van der Waals surface area contributed by atoms with Gasteiger partial charge in [0.1, 0.15) is 4.60 Å². The summed E-state index contributed by atoms with van der Waals surface area (Å²) >= 11 is 3.32. The van der Waals surface area contributed by atoms with Crippen molar-refractivity contribution in [2.75, 3.05) is 7.11 Å². The fourth-order valence-electron chi connectivity index (χ4n) is 1.41. The Morgan fingerprint density at radius 2 is 2.18 bits per heavy atom. The summed E-state index contributed by atoms with van der Waals surface area (Å²) in [6.45, 7) is 3.51. The van der Waals surface area contributed by atoms with E-state index in [4.69, 9.17) is 10.5 Å². The summed E-state index contributed by atoms with van der Waals surface area (Å²) in [5, 5.41) is 0. The van der Waals surface area contributed by atoms with Gasteiger partial charge in [-0.3, -0.25) is 4.79 Å². The molecule has 0 aliphatic carbocycles. The van der Waals surface area contributed by atoms with Crippen LogP contribution in [0.15, 0.2) is 22.9 Å². The number of pyridine rings is 1. The summed E-state index contributed by atoms with van der Waals surface area (Å²) < 4.78 is 5.40. The maximum absolute atomic E-state index is 11.6. The summed E-state index contributed by atoms with van der Waals surface area (Å²) in [7, 11) is 1.36. The van der Waals surface area contributed by atoms with Gasteiger partial charge in [0.05, 0.1) is 12.5 Å². The number of esters is 1. The molecule has 0 spiro atoms. The Kier molecular flexibility index (Phi) is 6.09. The number of methoxy groups -OCH3 is 1. The predicted octanol–water partition coefficient (Wildman–Crippen LogP) is 2.46. The number of halogens is 2. The van der Waals surface area contributed by atoms with Crippen molar-refractivity contribution in [2.24, 2.45) is 11.1 Å². The van der Waals surface area contributed by atoms with Crippen molar-refractivity contribution in [1.82, 2.24) is 4.98 Å². The SMILES string of the molecule is COC(=O)C(C)(C)[C@@H](N)c1cccnc1Br.Cl. The van der Waals surface area contributed by atoms with E-state index < -0.39 is 11.5 Å². The first-order valence-electron chi connectivity index (χ1n) is 4.85. The number of hydrogen-bond donors (Lipinski definition) is 1. The Hall–Kier alpha value is -0.650. The van der Waals surface area contributed by atoms with Gasteiger partial charge in [0.25, 0.3) is 0 Å². The Morgan fingerprint density at radius 3 is 2.65 bits per heavy atom. The summed E-state index contributed by atoms with van der Waals surface area (Å²) in [5.41, 5.74) is 6.08. The van der Waals surface area contributed by atoms with Crippen molar-refractivity contribution in [1.29, 1.82) is 0 Å². The lowest BCUT2D eigenvalue weighted by Gasteiger charge is -2.29. The fourth-order valence-corrected chi connectivity index (χ4v) is 1.91. The molecule has 0 unspecified atom stereocenters. The number of ether oxygens (including phenoxy) is 1. The molecule has 0 aliphatic heterocycles. The van der Waals surface area contributed by atoms with Crippen LogP contribution in [0.25, 0.3) is 0 Å². The monoisotopic (exact) mass is 322 g/mol. The third kappa shape index (κ3) is 3.40. The largest absolute Gasteiger partial charge is 0.469 e. The number of carbonyl (C=O) groups excluding carboxylic acids is 1. The van der Waals surface area contributed by atoms with E-state index in [1.165, 1.54) is 7.11 Å². The normalized spacial score (nSPS) is 12.5. The van der Waals surface area contributed by atoms with Crippen molar-refractivity contribution in [3.8, 4) is 0 Å². The first kappa shape index (κ1) is 16.4. The van der Waals surface area contributed by atoms with Gasteiger partial charge in [0, 0.05) is 17.8 Å². The van der Waals surface area contributed by atoms with E-state index in [0.717, 1.165) is 5.56 Å². The highest BCUT2D eigenvalue weighted by molar-refractivity contribution is 9.10. The van der Waals surface area contributed by atoms with E-state index in [-0.39, 0.29) is 18.4 Å². The predicted molar refractivity (Wildman–Crippen MR) is 71.9 cm³/mol. The Labute approximate surface area is 115 Å². The van der Waals surface area contributed by atoms with Gasteiger partial charge in [0.2, 0.25) is 0 Å². The zero-order valence-electron chi connectivity index (χ0n) is 9.94. The fraction of sp³-hybridized carbons (Fsp3) is 0.455. The van der Waals surface area contributed by atoms with Gasteiger partial charge < -0.3 is 10.5 Å². The third-order valence-corrected chi connectivity index (χ3v) is 3.27. The van der Waals surface area contributed by atoms with Gasteiger partial charge in [-0.25, -0.2) is 4.98 Å². The lowest BCUT2D eigenvalue weighted by Crippen LogP contribution is -2.37. The van der Waals surface area contributed by atoms with E-state index in [0.29, 0.717) is 4.60 Å². The topological polar surface area (TPSA) is 65.2 Å². The summed E-state index contributed by atoms with van der Waals surface area (Å²) in [6.07, 6.45) is 1.66. The molecule has 0 amide bonds. The van der Waals surface area contributed by atoms with Crippen molar-refractivity contribution in [2.45, 2.75) is 19.9 Å². The highest BCUT2D eigenvalue weighted by atomic mass is 79.9. The molecule has 1 aromatic rings. The second kappa shape index (κ2) is 6.33. The van der Waals surface area contributed by atoms with E-state index in [1.54, 1.807) is 26.1 Å². The summed E-state index contributed by atoms with van der Waals surface area (Å²) in [6, 6.07) is 3.16. The minimum atomic E-state index is -0.791. The van der Waals surface area contributed by atoms with Gasteiger partial charge in [-0.2, -0.15) is 0 Å². The highest BCUT2D eigenvalue weighted by Crippen LogP contribution is 2.34. The maximum atomic E-state index is 11.6. The number of rotatable bonds is 3. The minimum absolute atomic E-state index is 0. The lowest BCUT2D eigenvalue weighted by molar-refractivity contribution is -0.152. The van der Waals surface area contributed by atoms with Crippen LogP contribution in [0.4, 0.5) is 0 Å². The highest BCUT2D eigenvalue weighted by Gasteiger charge is 2.37. The quantitative estimate of drug-likeness (QED) is 0.685. The molecular weight excluding hydrogens is 307 g/mol. The van der Waals surface area contributed by atoms with Gasteiger partial charge >= 0.3 is 5.97 Å². The van der Waals surface area contributed by atoms with Crippen LogP contribution >= 0.6 is 28.3 Å². The molecule has 0 saturated heterocycles. The van der Waals surface area contributed by atoms with Gasteiger partial charge in [0.15, 0.2) is 0 Å². The molecule has 1 heterocycles. The van der Waals surface area contributed by atoms with E-state index in [1.807, 2.05) is 6.07 Å². The molecular formula is C11H16BrClN2O2. The molecule has 4 nitrogen and oxygen atoms in total. The average molecular weight is 324 g/mol. The van der Waals surface area contributed by atoms with Crippen LogP contribution in [0.2, 0.25) is 0 Å². The zero-order chi connectivity index (χ0) is 12.3. The van der Waals surface area contributed by atoms with Gasteiger partial charge in [-0.15, -0.1) is 12.4 Å². The smallest absolute Gasteiger partial charge is 0.313 e. The molecule has 0 saturated carbocycles. The molecule has 0 bridgehead atoms. The molecule has 2 N–H and O–H groups in total. The first-order valence-corrected chi connectivity index (χ1v) is 5.65. The van der Waals surface area contributed by atoms with E-state index >= 15 is 0 Å². The van der Waals surface area contributed by atoms with Crippen molar-refractivity contribution in [3.63, 3.8) is 0 Å². The number of nitrogens with two attached hydrogens (primary N) is 1. The van der Waals surface area contributed by atoms with Crippen LogP contribution in [0.5, 0.6) is 0 Å². The first-order chi connectivity index (χ1) is 7.41.